The van der Waals surface area contributed by atoms with Crippen molar-refractivity contribution in [3.8, 4) is 0 Å². The van der Waals surface area contributed by atoms with Gasteiger partial charge in [-0.2, -0.15) is 12.6 Å². The molecule has 0 saturated heterocycles. The molecule has 4 atom stereocenters. The summed E-state index contributed by atoms with van der Waals surface area (Å²) in [7, 11) is 0. The number of aliphatic carboxylic acids is 1. The summed E-state index contributed by atoms with van der Waals surface area (Å²) in [5.74, 6) is -3.06. The second-order valence-corrected chi connectivity index (χ2v) is 7.66. The van der Waals surface area contributed by atoms with Gasteiger partial charge in [-0.05, 0) is 25.2 Å². The molecule has 0 bridgehead atoms. The highest BCUT2D eigenvalue weighted by Crippen LogP contribution is 2.07. The molecule has 10 heteroatoms. The molecule has 3 amide bonds. The van der Waals surface area contributed by atoms with Gasteiger partial charge < -0.3 is 26.8 Å². The van der Waals surface area contributed by atoms with Gasteiger partial charge in [0.25, 0.3) is 0 Å². The summed E-state index contributed by atoms with van der Waals surface area (Å²) < 4.78 is 0. The van der Waals surface area contributed by atoms with E-state index in [1.54, 1.807) is 13.8 Å². The first-order valence-corrected chi connectivity index (χ1v) is 9.54. The first-order valence-electron chi connectivity index (χ1n) is 8.91. The molecule has 0 heterocycles. The van der Waals surface area contributed by atoms with Crippen LogP contribution in [0.2, 0.25) is 0 Å². The number of hydrogen-bond donors (Lipinski definition) is 6. The fourth-order valence-electron chi connectivity index (χ4n) is 2.24. The van der Waals surface area contributed by atoms with Gasteiger partial charge in [-0.15, -0.1) is 0 Å². The van der Waals surface area contributed by atoms with Gasteiger partial charge in [0.05, 0.1) is 6.04 Å². The van der Waals surface area contributed by atoms with Crippen molar-refractivity contribution in [2.75, 3.05) is 5.75 Å². The Morgan fingerprint density at radius 2 is 1.41 bits per heavy atom. The van der Waals surface area contributed by atoms with Gasteiger partial charge in [0, 0.05) is 5.75 Å². The number of carboxylic acids is 1. The molecule has 0 aliphatic rings. The van der Waals surface area contributed by atoms with Crippen molar-refractivity contribution >= 4 is 36.3 Å². The van der Waals surface area contributed by atoms with Crippen molar-refractivity contribution in [2.24, 2.45) is 17.6 Å². The van der Waals surface area contributed by atoms with Crippen LogP contribution >= 0.6 is 12.6 Å². The van der Waals surface area contributed by atoms with Gasteiger partial charge in [0.1, 0.15) is 18.1 Å². The van der Waals surface area contributed by atoms with Crippen LogP contribution in [-0.2, 0) is 19.2 Å². The lowest BCUT2D eigenvalue weighted by Gasteiger charge is -2.26. The fourth-order valence-corrected chi connectivity index (χ4v) is 2.50. The second kappa shape index (κ2) is 11.8. The summed E-state index contributed by atoms with van der Waals surface area (Å²) in [6, 6.07) is -3.77. The molecule has 6 N–H and O–H groups in total. The van der Waals surface area contributed by atoms with Gasteiger partial charge >= 0.3 is 5.97 Å². The number of carbonyl (C=O) groups excluding carboxylic acids is 3. The van der Waals surface area contributed by atoms with Gasteiger partial charge in [0.2, 0.25) is 17.7 Å². The SMILES string of the molecule is CC(C)CC(NC(=O)C(CS)NC(=O)C(NC(=O)C(C)N)C(C)C)C(=O)O. The number of nitrogens with one attached hydrogen (secondary N) is 3. The number of hydrogen-bond acceptors (Lipinski definition) is 6. The molecule has 0 fully saturated rings. The summed E-state index contributed by atoms with van der Waals surface area (Å²) in [4.78, 5) is 48.0. The molecule has 0 aromatic rings. The minimum Gasteiger partial charge on any atom is -0.480 e. The van der Waals surface area contributed by atoms with Crippen LogP contribution < -0.4 is 21.7 Å². The molecule has 0 aliphatic heterocycles. The topological polar surface area (TPSA) is 151 Å². The summed E-state index contributed by atoms with van der Waals surface area (Å²) in [5, 5.41) is 16.7. The Kier molecular flexibility index (Phi) is 11.0. The predicted octanol–water partition coefficient (Wildman–Crippen LogP) is -0.495. The zero-order valence-corrected chi connectivity index (χ0v) is 17.4. The number of rotatable bonds is 11. The van der Waals surface area contributed by atoms with Crippen LogP contribution in [0.4, 0.5) is 0 Å². The molecule has 27 heavy (non-hydrogen) atoms. The molecule has 0 aromatic heterocycles. The van der Waals surface area contributed by atoms with Crippen molar-refractivity contribution in [3.63, 3.8) is 0 Å². The van der Waals surface area contributed by atoms with E-state index >= 15 is 0 Å². The first-order chi connectivity index (χ1) is 12.4. The minimum atomic E-state index is -1.15. The zero-order valence-electron chi connectivity index (χ0n) is 16.5. The highest BCUT2D eigenvalue weighted by molar-refractivity contribution is 7.80. The zero-order chi connectivity index (χ0) is 21.3. The van der Waals surface area contributed by atoms with E-state index in [9.17, 15) is 24.3 Å². The monoisotopic (exact) mass is 404 g/mol. The molecular weight excluding hydrogens is 372 g/mol. The fraction of sp³-hybridized carbons (Fsp3) is 0.765. The summed E-state index contributed by atoms with van der Waals surface area (Å²) in [6.45, 7) is 8.66. The summed E-state index contributed by atoms with van der Waals surface area (Å²) >= 11 is 4.07. The van der Waals surface area contributed by atoms with Crippen LogP contribution in [0.3, 0.4) is 0 Å². The third-order valence-corrected chi connectivity index (χ3v) is 4.16. The van der Waals surface area contributed by atoms with Crippen LogP contribution in [0.15, 0.2) is 0 Å². The average Bonchev–Trinajstić information content (AvgIpc) is 2.55. The van der Waals surface area contributed by atoms with E-state index in [-0.39, 0.29) is 24.0 Å². The molecule has 0 rings (SSSR count). The molecule has 9 nitrogen and oxygen atoms in total. The van der Waals surface area contributed by atoms with Gasteiger partial charge in [-0.3, -0.25) is 14.4 Å². The van der Waals surface area contributed by atoms with E-state index in [0.29, 0.717) is 0 Å². The molecule has 0 saturated carbocycles. The van der Waals surface area contributed by atoms with Crippen LogP contribution in [0.25, 0.3) is 0 Å². The third-order valence-electron chi connectivity index (χ3n) is 3.80. The maximum atomic E-state index is 12.5. The lowest BCUT2D eigenvalue weighted by Crippen LogP contribution is -2.58. The van der Waals surface area contributed by atoms with E-state index in [1.165, 1.54) is 6.92 Å². The van der Waals surface area contributed by atoms with Crippen LogP contribution in [0, 0.1) is 11.8 Å². The quantitative estimate of drug-likeness (QED) is 0.256. The molecule has 0 aromatic carbocycles. The number of nitrogens with two attached hydrogens (primary N) is 1. The van der Waals surface area contributed by atoms with Gasteiger partial charge in [0.15, 0.2) is 0 Å². The molecule has 0 radical (unpaired) electrons. The van der Waals surface area contributed by atoms with Crippen molar-refractivity contribution in [1.82, 2.24) is 16.0 Å². The Hall–Kier alpha value is -1.81. The number of amides is 3. The van der Waals surface area contributed by atoms with Crippen LogP contribution in [0.1, 0.15) is 41.0 Å². The van der Waals surface area contributed by atoms with E-state index in [4.69, 9.17) is 5.73 Å². The Labute approximate surface area is 165 Å². The smallest absolute Gasteiger partial charge is 0.326 e. The Balaban J connectivity index is 5.09. The minimum absolute atomic E-state index is 0.0301. The number of carbonyl (C=O) groups is 4. The van der Waals surface area contributed by atoms with Crippen molar-refractivity contribution < 1.29 is 24.3 Å². The molecular formula is C17H32N4O5S. The van der Waals surface area contributed by atoms with Crippen molar-refractivity contribution in [3.05, 3.63) is 0 Å². The van der Waals surface area contributed by atoms with E-state index in [2.05, 4.69) is 28.6 Å². The van der Waals surface area contributed by atoms with Gasteiger partial charge in [-0.1, -0.05) is 27.7 Å². The second-order valence-electron chi connectivity index (χ2n) is 7.29. The lowest BCUT2D eigenvalue weighted by molar-refractivity contribution is -0.142. The van der Waals surface area contributed by atoms with E-state index < -0.39 is 47.9 Å². The predicted molar refractivity (Wildman–Crippen MR) is 105 cm³/mol. The normalized spacial score (nSPS) is 15.6. The maximum absolute atomic E-state index is 12.5. The average molecular weight is 405 g/mol. The summed E-state index contributed by atoms with van der Waals surface area (Å²) in [5.41, 5.74) is 5.51. The van der Waals surface area contributed by atoms with Crippen LogP contribution in [0.5, 0.6) is 0 Å². The van der Waals surface area contributed by atoms with Crippen molar-refractivity contribution in [1.29, 1.82) is 0 Å². The van der Waals surface area contributed by atoms with Crippen LogP contribution in [-0.4, -0.2) is 58.7 Å². The Morgan fingerprint density at radius 3 is 1.78 bits per heavy atom. The maximum Gasteiger partial charge on any atom is 0.326 e. The number of thiol groups is 1. The molecule has 4 unspecified atom stereocenters. The van der Waals surface area contributed by atoms with Crippen molar-refractivity contribution in [2.45, 2.75) is 65.2 Å². The van der Waals surface area contributed by atoms with E-state index in [0.717, 1.165) is 0 Å². The third kappa shape index (κ3) is 9.09. The Morgan fingerprint density at radius 1 is 0.889 bits per heavy atom. The first kappa shape index (κ1) is 25.2. The highest BCUT2D eigenvalue weighted by atomic mass is 32.1. The van der Waals surface area contributed by atoms with Gasteiger partial charge in [-0.25, -0.2) is 4.79 Å². The Bertz CT molecular complexity index is 539. The molecule has 0 spiro atoms. The number of carboxylic acid groups (broad SMARTS) is 1. The lowest BCUT2D eigenvalue weighted by atomic mass is 10.0. The summed E-state index contributed by atoms with van der Waals surface area (Å²) in [6.07, 6.45) is 0.257. The van der Waals surface area contributed by atoms with E-state index in [1.807, 2.05) is 13.8 Å². The molecule has 0 aliphatic carbocycles. The standard InChI is InChI=1S/C17H32N4O5S/c1-8(2)6-11(17(25)26)19-15(23)12(7-27)20-16(24)13(9(3)4)21-14(22)10(5)18/h8-13,27H,6-7,18H2,1-5H3,(H,19,23)(H,20,24)(H,21,22)(H,25,26). The largest absolute Gasteiger partial charge is 0.480 e. The highest BCUT2D eigenvalue weighted by Gasteiger charge is 2.30. The molecule has 156 valence electrons.